The molecule has 0 radical (unpaired) electrons. The first kappa shape index (κ1) is 9.51. The Kier molecular flexibility index (Phi) is 2.45. The average molecular weight is 207 g/mol. The number of rotatable bonds is 2. The van der Waals surface area contributed by atoms with Crippen molar-refractivity contribution in [3.63, 3.8) is 0 Å². The molecule has 0 aromatic heterocycles. The van der Waals surface area contributed by atoms with Gasteiger partial charge in [-0.1, -0.05) is 11.6 Å². The molecule has 0 unspecified atom stereocenters. The summed E-state index contributed by atoms with van der Waals surface area (Å²) in [6, 6.07) is 7.35. The summed E-state index contributed by atoms with van der Waals surface area (Å²) in [5.41, 5.74) is 7.57. The largest absolute Gasteiger partial charge is 0.324 e. The SMILES string of the molecule is N#Cc1ccc(Cl)c([C@@H](N)C2CC2)c1. The van der Waals surface area contributed by atoms with Gasteiger partial charge in [0.1, 0.15) is 0 Å². The van der Waals surface area contributed by atoms with E-state index >= 15 is 0 Å². The highest BCUT2D eigenvalue weighted by Gasteiger charge is 2.30. The van der Waals surface area contributed by atoms with Crippen molar-refractivity contribution in [3.8, 4) is 6.07 Å². The number of nitriles is 1. The quantitative estimate of drug-likeness (QED) is 0.809. The predicted octanol–water partition coefficient (Wildman–Crippen LogP) is 2.62. The second-order valence-corrected chi connectivity index (χ2v) is 4.12. The average Bonchev–Trinajstić information content (AvgIpc) is 3.01. The molecule has 1 saturated carbocycles. The molecular weight excluding hydrogens is 196 g/mol. The van der Waals surface area contributed by atoms with Crippen LogP contribution < -0.4 is 5.73 Å². The number of nitrogens with zero attached hydrogens (tertiary/aromatic N) is 1. The van der Waals surface area contributed by atoms with E-state index in [1.807, 2.05) is 0 Å². The lowest BCUT2D eigenvalue weighted by Gasteiger charge is -2.12. The van der Waals surface area contributed by atoms with Crippen LogP contribution in [0.5, 0.6) is 0 Å². The Morgan fingerprint density at radius 2 is 2.21 bits per heavy atom. The molecule has 1 aliphatic rings. The molecule has 1 fully saturated rings. The Bertz CT molecular complexity index is 391. The third kappa shape index (κ3) is 1.75. The van der Waals surface area contributed by atoms with Crippen molar-refractivity contribution in [3.05, 3.63) is 34.3 Å². The molecule has 0 bridgehead atoms. The maximum atomic E-state index is 8.76. The summed E-state index contributed by atoms with van der Waals surface area (Å²) in [5, 5.41) is 9.42. The van der Waals surface area contributed by atoms with E-state index in [2.05, 4.69) is 6.07 Å². The van der Waals surface area contributed by atoms with Crippen LogP contribution in [0.1, 0.15) is 30.0 Å². The highest BCUT2D eigenvalue weighted by atomic mass is 35.5. The van der Waals surface area contributed by atoms with Gasteiger partial charge in [-0.3, -0.25) is 0 Å². The van der Waals surface area contributed by atoms with Gasteiger partial charge in [0.15, 0.2) is 0 Å². The van der Waals surface area contributed by atoms with E-state index in [9.17, 15) is 0 Å². The molecule has 14 heavy (non-hydrogen) atoms. The summed E-state index contributed by atoms with van der Waals surface area (Å²) in [4.78, 5) is 0. The normalized spacial score (nSPS) is 17.5. The van der Waals surface area contributed by atoms with Crippen molar-refractivity contribution in [2.75, 3.05) is 0 Å². The van der Waals surface area contributed by atoms with E-state index in [0.717, 1.165) is 5.56 Å². The standard InChI is InChI=1S/C11H11ClN2/c12-10-4-1-7(6-13)5-9(10)11(14)8-2-3-8/h1,4-5,8,11H,2-3,14H2/t11-/m0/s1. The fourth-order valence-electron chi connectivity index (χ4n) is 1.58. The second kappa shape index (κ2) is 3.61. The molecule has 72 valence electrons. The van der Waals surface area contributed by atoms with Gasteiger partial charge in [0.25, 0.3) is 0 Å². The molecular formula is C11H11ClN2. The van der Waals surface area contributed by atoms with Crippen LogP contribution in [0.4, 0.5) is 0 Å². The molecule has 0 heterocycles. The van der Waals surface area contributed by atoms with Gasteiger partial charge < -0.3 is 5.73 Å². The molecule has 1 aliphatic carbocycles. The monoisotopic (exact) mass is 206 g/mol. The topological polar surface area (TPSA) is 49.8 Å². The van der Waals surface area contributed by atoms with E-state index in [1.54, 1.807) is 18.2 Å². The maximum Gasteiger partial charge on any atom is 0.0991 e. The third-order valence-corrected chi connectivity index (χ3v) is 2.96. The molecule has 1 atom stereocenters. The first-order valence-corrected chi connectivity index (χ1v) is 5.05. The van der Waals surface area contributed by atoms with Crippen LogP contribution in [0.25, 0.3) is 0 Å². The van der Waals surface area contributed by atoms with Crippen LogP contribution in [-0.4, -0.2) is 0 Å². The molecule has 2 N–H and O–H groups in total. The number of halogens is 1. The molecule has 0 spiro atoms. The van der Waals surface area contributed by atoms with Gasteiger partial charge >= 0.3 is 0 Å². The molecule has 0 saturated heterocycles. The maximum absolute atomic E-state index is 8.76. The highest BCUT2D eigenvalue weighted by Crippen LogP contribution is 2.41. The Morgan fingerprint density at radius 3 is 2.79 bits per heavy atom. The second-order valence-electron chi connectivity index (χ2n) is 3.71. The summed E-state index contributed by atoms with van der Waals surface area (Å²) in [6.07, 6.45) is 2.35. The Hall–Kier alpha value is -1.04. The Labute approximate surface area is 88.3 Å². The lowest BCUT2D eigenvalue weighted by atomic mass is 10.0. The number of nitrogens with two attached hydrogens (primary N) is 1. The van der Waals surface area contributed by atoms with Crippen molar-refractivity contribution in [2.24, 2.45) is 11.7 Å². The van der Waals surface area contributed by atoms with Gasteiger partial charge in [0.05, 0.1) is 11.6 Å². The van der Waals surface area contributed by atoms with Crippen molar-refractivity contribution < 1.29 is 0 Å². The molecule has 2 rings (SSSR count). The minimum atomic E-state index is -0.00389. The fraction of sp³-hybridized carbons (Fsp3) is 0.364. The molecule has 1 aromatic carbocycles. The van der Waals surface area contributed by atoms with Crippen LogP contribution >= 0.6 is 11.6 Å². The van der Waals surface area contributed by atoms with Crippen molar-refractivity contribution in [1.29, 1.82) is 5.26 Å². The zero-order valence-electron chi connectivity index (χ0n) is 7.70. The minimum Gasteiger partial charge on any atom is -0.324 e. The van der Waals surface area contributed by atoms with Crippen LogP contribution in [0.2, 0.25) is 5.02 Å². The summed E-state index contributed by atoms with van der Waals surface area (Å²) in [5.74, 6) is 0.557. The third-order valence-electron chi connectivity index (χ3n) is 2.61. The van der Waals surface area contributed by atoms with Gasteiger partial charge in [0, 0.05) is 11.1 Å². The van der Waals surface area contributed by atoms with Crippen molar-refractivity contribution >= 4 is 11.6 Å². The van der Waals surface area contributed by atoms with Crippen molar-refractivity contribution in [1.82, 2.24) is 0 Å². The van der Waals surface area contributed by atoms with E-state index in [0.29, 0.717) is 16.5 Å². The summed E-state index contributed by atoms with van der Waals surface area (Å²) in [6.45, 7) is 0. The van der Waals surface area contributed by atoms with Crippen LogP contribution in [-0.2, 0) is 0 Å². The molecule has 2 nitrogen and oxygen atoms in total. The highest BCUT2D eigenvalue weighted by molar-refractivity contribution is 6.31. The first-order valence-electron chi connectivity index (χ1n) is 4.67. The summed E-state index contributed by atoms with van der Waals surface area (Å²) < 4.78 is 0. The lowest BCUT2D eigenvalue weighted by Crippen LogP contribution is -2.13. The minimum absolute atomic E-state index is 0.00389. The molecule has 0 amide bonds. The van der Waals surface area contributed by atoms with Crippen molar-refractivity contribution in [2.45, 2.75) is 18.9 Å². The van der Waals surface area contributed by atoms with E-state index < -0.39 is 0 Å². The fourth-order valence-corrected chi connectivity index (χ4v) is 1.82. The zero-order chi connectivity index (χ0) is 10.1. The number of hydrogen-bond donors (Lipinski definition) is 1. The predicted molar refractivity (Wildman–Crippen MR) is 55.8 cm³/mol. The molecule has 3 heteroatoms. The first-order chi connectivity index (χ1) is 6.72. The molecule has 0 aliphatic heterocycles. The lowest BCUT2D eigenvalue weighted by molar-refractivity contribution is 0.633. The van der Waals surface area contributed by atoms with Crippen LogP contribution in [0.15, 0.2) is 18.2 Å². The van der Waals surface area contributed by atoms with E-state index in [-0.39, 0.29) is 6.04 Å². The van der Waals surface area contributed by atoms with Gasteiger partial charge in [-0.25, -0.2) is 0 Å². The van der Waals surface area contributed by atoms with Crippen LogP contribution in [0.3, 0.4) is 0 Å². The molecule has 1 aromatic rings. The Balaban J connectivity index is 2.35. The van der Waals surface area contributed by atoms with Gasteiger partial charge in [-0.15, -0.1) is 0 Å². The van der Waals surface area contributed by atoms with E-state index in [4.69, 9.17) is 22.6 Å². The van der Waals surface area contributed by atoms with Crippen LogP contribution in [0, 0.1) is 17.2 Å². The Morgan fingerprint density at radius 1 is 1.50 bits per heavy atom. The van der Waals surface area contributed by atoms with Gasteiger partial charge in [-0.2, -0.15) is 5.26 Å². The van der Waals surface area contributed by atoms with Gasteiger partial charge in [0.2, 0.25) is 0 Å². The van der Waals surface area contributed by atoms with Gasteiger partial charge in [-0.05, 0) is 42.5 Å². The zero-order valence-corrected chi connectivity index (χ0v) is 8.46. The summed E-state index contributed by atoms with van der Waals surface area (Å²) >= 11 is 6.03. The number of benzene rings is 1. The summed E-state index contributed by atoms with van der Waals surface area (Å²) in [7, 11) is 0. The van der Waals surface area contributed by atoms with E-state index in [1.165, 1.54) is 12.8 Å². The number of hydrogen-bond acceptors (Lipinski definition) is 2. The smallest absolute Gasteiger partial charge is 0.0991 e.